The maximum atomic E-state index is 13.2. The van der Waals surface area contributed by atoms with E-state index in [9.17, 15) is 9.18 Å². The molecule has 1 aliphatic rings. The van der Waals surface area contributed by atoms with Crippen LogP contribution in [0.3, 0.4) is 0 Å². The van der Waals surface area contributed by atoms with Gasteiger partial charge in [-0.1, -0.05) is 35.5 Å². The second-order valence-electron chi connectivity index (χ2n) is 6.45. The van der Waals surface area contributed by atoms with Gasteiger partial charge in [0.15, 0.2) is 0 Å². The number of fused-ring (bicyclic) bond motifs is 1. The monoisotopic (exact) mass is 429 g/mol. The van der Waals surface area contributed by atoms with Crippen molar-refractivity contribution in [2.45, 2.75) is 18.1 Å². The zero-order valence-corrected chi connectivity index (χ0v) is 17.2. The average molecular weight is 430 g/mol. The number of benzene rings is 2. The minimum atomic E-state index is -0.489. The molecule has 1 atom stereocenters. The Morgan fingerprint density at radius 1 is 1.21 bits per heavy atom. The molecule has 0 aliphatic carbocycles. The van der Waals surface area contributed by atoms with Gasteiger partial charge in [-0.2, -0.15) is 4.98 Å². The fourth-order valence-corrected chi connectivity index (χ4v) is 3.67. The first kappa shape index (κ1) is 19.5. The van der Waals surface area contributed by atoms with Crippen molar-refractivity contribution in [2.75, 3.05) is 16.9 Å². The van der Waals surface area contributed by atoms with Crippen LogP contribution in [0.5, 0.6) is 0 Å². The number of carbonyl (C=O) groups excluding carboxylic acids is 1. The van der Waals surface area contributed by atoms with E-state index in [2.05, 4.69) is 20.7 Å². The topological polar surface area (TPSA) is 71.8 Å². The smallest absolute Gasteiger partial charge is 0.255 e. The van der Waals surface area contributed by atoms with Crippen molar-refractivity contribution in [1.29, 1.82) is 0 Å². The van der Waals surface area contributed by atoms with E-state index < -0.39 is 6.04 Å². The molecule has 0 radical (unpaired) electrons. The Balaban J connectivity index is 1.77. The van der Waals surface area contributed by atoms with Gasteiger partial charge >= 0.3 is 0 Å². The third-order valence-electron chi connectivity index (χ3n) is 4.55. The van der Waals surface area contributed by atoms with Crippen LogP contribution in [0.2, 0.25) is 5.02 Å². The third-order valence-corrected chi connectivity index (χ3v) is 5.34. The van der Waals surface area contributed by atoms with Crippen molar-refractivity contribution in [3.05, 3.63) is 76.2 Å². The van der Waals surface area contributed by atoms with E-state index in [4.69, 9.17) is 11.6 Å². The van der Waals surface area contributed by atoms with E-state index >= 15 is 0 Å². The first-order valence-electron chi connectivity index (χ1n) is 8.77. The van der Waals surface area contributed by atoms with Gasteiger partial charge in [0, 0.05) is 16.4 Å². The summed E-state index contributed by atoms with van der Waals surface area (Å²) in [5, 5.41) is 11.7. The molecule has 2 heterocycles. The molecule has 1 aromatic heterocycles. The normalized spacial score (nSPS) is 15.7. The van der Waals surface area contributed by atoms with Gasteiger partial charge in [-0.3, -0.25) is 4.79 Å². The molecule has 0 fully saturated rings. The molecule has 1 unspecified atom stereocenters. The number of amides is 1. The number of anilines is 2. The van der Waals surface area contributed by atoms with E-state index in [1.54, 1.807) is 16.8 Å². The third kappa shape index (κ3) is 3.86. The summed E-state index contributed by atoms with van der Waals surface area (Å²) in [5.41, 5.74) is 2.50. The van der Waals surface area contributed by atoms with E-state index in [0.717, 1.165) is 5.56 Å². The van der Waals surface area contributed by atoms with Crippen LogP contribution >= 0.6 is 23.4 Å². The number of hydrogen-bond acceptors (Lipinski definition) is 5. The average Bonchev–Trinajstić information content (AvgIpc) is 3.12. The number of rotatable bonds is 4. The number of nitrogens with zero attached hydrogens (tertiary/aromatic N) is 3. The van der Waals surface area contributed by atoms with Crippen molar-refractivity contribution in [3.63, 3.8) is 0 Å². The molecule has 6 nitrogen and oxygen atoms in total. The van der Waals surface area contributed by atoms with E-state index in [1.807, 2.05) is 25.3 Å². The minimum Gasteiger partial charge on any atom is -0.328 e. The maximum Gasteiger partial charge on any atom is 0.255 e. The summed E-state index contributed by atoms with van der Waals surface area (Å²) >= 11 is 7.47. The standard InChI is InChI=1S/C20H17ClFN5OS/c1-11-16(18(28)24-15-9-7-14(22)8-10-15)17(12-3-5-13(21)6-4-12)27-19(23-11)25-20(26-27)29-2/h3-10,17H,1-2H3,(H,24,28)(H,23,25,26). The fourth-order valence-electron chi connectivity index (χ4n) is 3.20. The highest BCUT2D eigenvalue weighted by atomic mass is 35.5. The molecule has 0 saturated heterocycles. The second-order valence-corrected chi connectivity index (χ2v) is 7.66. The summed E-state index contributed by atoms with van der Waals surface area (Å²) in [6.07, 6.45) is 1.89. The summed E-state index contributed by atoms with van der Waals surface area (Å²) in [6.45, 7) is 1.82. The molecule has 4 rings (SSSR count). The Morgan fingerprint density at radius 2 is 1.90 bits per heavy atom. The molecular formula is C20H17ClFN5OS. The number of aromatic nitrogens is 3. The Hall–Kier alpha value is -2.84. The minimum absolute atomic E-state index is 0.312. The zero-order valence-electron chi connectivity index (χ0n) is 15.6. The summed E-state index contributed by atoms with van der Waals surface area (Å²) in [7, 11) is 0. The van der Waals surface area contributed by atoms with Crippen LogP contribution in [0.1, 0.15) is 18.5 Å². The van der Waals surface area contributed by atoms with Crippen LogP contribution in [0, 0.1) is 5.82 Å². The quantitative estimate of drug-likeness (QED) is 0.587. The van der Waals surface area contributed by atoms with Crippen molar-refractivity contribution in [3.8, 4) is 0 Å². The van der Waals surface area contributed by atoms with Gasteiger partial charge < -0.3 is 10.6 Å². The number of halogens is 2. The highest BCUT2D eigenvalue weighted by Gasteiger charge is 2.34. The van der Waals surface area contributed by atoms with Gasteiger partial charge in [-0.15, -0.1) is 5.10 Å². The molecule has 2 aromatic carbocycles. The maximum absolute atomic E-state index is 13.2. The van der Waals surface area contributed by atoms with Gasteiger partial charge in [-0.25, -0.2) is 9.07 Å². The second kappa shape index (κ2) is 7.88. The zero-order chi connectivity index (χ0) is 20.5. The SMILES string of the molecule is CSc1nc2n(n1)C(c1ccc(Cl)cc1)C(C(=O)Nc1ccc(F)cc1)=C(C)N2. The van der Waals surface area contributed by atoms with Crippen LogP contribution in [-0.4, -0.2) is 26.9 Å². The van der Waals surface area contributed by atoms with Crippen LogP contribution < -0.4 is 10.6 Å². The van der Waals surface area contributed by atoms with Gasteiger partial charge in [-0.05, 0) is 55.1 Å². The molecule has 0 bridgehead atoms. The van der Waals surface area contributed by atoms with E-state index in [-0.39, 0.29) is 11.7 Å². The first-order chi connectivity index (χ1) is 14.0. The molecule has 2 N–H and O–H groups in total. The molecular weight excluding hydrogens is 413 g/mol. The van der Waals surface area contributed by atoms with Crippen LogP contribution in [-0.2, 0) is 4.79 Å². The molecule has 0 spiro atoms. The molecule has 0 saturated carbocycles. The van der Waals surface area contributed by atoms with Crippen molar-refractivity contribution in [2.24, 2.45) is 0 Å². The summed E-state index contributed by atoms with van der Waals surface area (Å²) in [5.74, 6) is -0.118. The molecule has 9 heteroatoms. The highest BCUT2D eigenvalue weighted by Crippen LogP contribution is 2.36. The number of carbonyl (C=O) groups is 1. The lowest BCUT2D eigenvalue weighted by Gasteiger charge is -2.28. The Kier molecular flexibility index (Phi) is 5.29. The number of hydrogen-bond donors (Lipinski definition) is 2. The van der Waals surface area contributed by atoms with Gasteiger partial charge in [0.1, 0.15) is 11.9 Å². The molecule has 148 valence electrons. The highest BCUT2D eigenvalue weighted by molar-refractivity contribution is 7.98. The Labute approximate surface area is 176 Å². The van der Waals surface area contributed by atoms with Crippen LogP contribution in [0.4, 0.5) is 16.0 Å². The fraction of sp³-hybridized carbons (Fsp3) is 0.150. The molecule has 3 aromatic rings. The Bertz CT molecular complexity index is 1100. The predicted octanol–water partition coefficient (Wildman–Crippen LogP) is 4.72. The van der Waals surface area contributed by atoms with Crippen molar-refractivity contribution >= 4 is 40.9 Å². The van der Waals surface area contributed by atoms with E-state index in [1.165, 1.54) is 36.0 Å². The van der Waals surface area contributed by atoms with Gasteiger partial charge in [0.2, 0.25) is 11.1 Å². The van der Waals surface area contributed by atoms with Crippen molar-refractivity contribution < 1.29 is 9.18 Å². The molecule has 1 aliphatic heterocycles. The van der Waals surface area contributed by atoms with Gasteiger partial charge in [0.05, 0.1) is 5.57 Å². The number of nitrogens with one attached hydrogen (secondary N) is 2. The lowest BCUT2D eigenvalue weighted by atomic mass is 9.95. The summed E-state index contributed by atoms with van der Waals surface area (Å²) in [6, 6.07) is 12.4. The largest absolute Gasteiger partial charge is 0.328 e. The lowest BCUT2D eigenvalue weighted by Crippen LogP contribution is -2.31. The number of thioether (sulfide) groups is 1. The molecule has 29 heavy (non-hydrogen) atoms. The first-order valence-corrected chi connectivity index (χ1v) is 10.4. The van der Waals surface area contributed by atoms with Crippen molar-refractivity contribution in [1.82, 2.24) is 14.8 Å². The van der Waals surface area contributed by atoms with E-state index in [0.29, 0.717) is 33.1 Å². The van der Waals surface area contributed by atoms with Crippen LogP contribution in [0.15, 0.2) is 65.0 Å². The lowest BCUT2D eigenvalue weighted by molar-refractivity contribution is -0.113. The van der Waals surface area contributed by atoms with Crippen LogP contribution in [0.25, 0.3) is 0 Å². The molecule has 1 amide bonds. The number of allylic oxidation sites excluding steroid dienone is 1. The van der Waals surface area contributed by atoms with Gasteiger partial charge in [0.25, 0.3) is 5.91 Å². The predicted molar refractivity (Wildman–Crippen MR) is 113 cm³/mol. The summed E-state index contributed by atoms with van der Waals surface area (Å²) < 4.78 is 14.9. The Morgan fingerprint density at radius 3 is 2.55 bits per heavy atom. The summed E-state index contributed by atoms with van der Waals surface area (Å²) in [4.78, 5) is 17.7.